The normalized spacial score (nSPS) is 10.5. The molecular weight excluding hydrogens is 346 g/mol. The third-order valence-corrected chi connectivity index (χ3v) is 4.59. The summed E-state index contributed by atoms with van der Waals surface area (Å²) in [5.41, 5.74) is 3.72. The lowest BCUT2D eigenvalue weighted by atomic mass is 10.1. The largest absolute Gasteiger partial charge is 0.494 e. The van der Waals surface area contributed by atoms with Crippen LogP contribution in [0, 0.1) is 0 Å². The molecule has 0 amide bonds. The minimum atomic E-state index is 0.619. The summed E-state index contributed by atoms with van der Waals surface area (Å²) in [5.74, 6) is 1.81. The van der Waals surface area contributed by atoms with Gasteiger partial charge < -0.3 is 14.8 Å². The van der Waals surface area contributed by atoms with E-state index in [1.165, 1.54) is 11.1 Å². The van der Waals surface area contributed by atoms with E-state index in [4.69, 9.17) is 9.47 Å². The molecule has 3 aromatic carbocycles. The average molecular weight is 376 g/mol. The third kappa shape index (κ3) is 6.66. The van der Waals surface area contributed by atoms with Gasteiger partial charge in [-0.15, -0.1) is 0 Å². The van der Waals surface area contributed by atoms with Gasteiger partial charge in [0.05, 0.1) is 6.61 Å². The molecule has 0 aliphatic rings. The number of hydrogen-bond donors (Lipinski definition) is 1. The van der Waals surface area contributed by atoms with Gasteiger partial charge in [-0.25, -0.2) is 0 Å². The van der Waals surface area contributed by atoms with Gasteiger partial charge in [0, 0.05) is 18.3 Å². The van der Waals surface area contributed by atoms with Crippen LogP contribution >= 0.6 is 0 Å². The van der Waals surface area contributed by atoms with Crippen LogP contribution in [0.4, 0.5) is 5.69 Å². The van der Waals surface area contributed by atoms with Crippen molar-refractivity contribution in [2.75, 3.05) is 25.1 Å². The maximum absolute atomic E-state index is 5.89. The molecule has 0 aliphatic carbocycles. The fourth-order valence-corrected chi connectivity index (χ4v) is 2.99. The summed E-state index contributed by atoms with van der Waals surface area (Å²) >= 11 is 0. The molecule has 0 bridgehead atoms. The highest BCUT2D eigenvalue weighted by atomic mass is 16.5. The third-order valence-electron chi connectivity index (χ3n) is 4.59. The molecule has 0 unspecified atom stereocenters. The Labute approximate surface area is 168 Å². The lowest BCUT2D eigenvalue weighted by molar-refractivity contribution is 0.311. The Kier molecular flexibility index (Phi) is 7.80. The summed E-state index contributed by atoms with van der Waals surface area (Å²) in [6.45, 7) is 4.23. The summed E-state index contributed by atoms with van der Waals surface area (Å²) in [4.78, 5) is 0. The Morgan fingerprint density at radius 2 is 1.50 bits per heavy atom. The Hall–Kier alpha value is -2.94. The average Bonchev–Trinajstić information content (AvgIpc) is 2.76. The molecule has 0 fully saturated rings. The predicted molar refractivity (Wildman–Crippen MR) is 117 cm³/mol. The van der Waals surface area contributed by atoms with Gasteiger partial charge in [-0.2, -0.15) is 0 Å². The van der Waals surface area contributed by atoms with Crippen molar-refractivity contribution in [1.82, 2.24) is 0 Å². The summed E-state index contributed by atoms with van der Waals surface area (Å²) in [6.07, 6.45) is 3.09. The van der Waals surface area contributed by atoms with E-state index in [2.05, 4.69) is 48.6 Å². The van der Waals surface area contributed by atoms with E-state index in [0.29, 0.717) is 6.61 Å². The molecule has 0 saturated heterocycles. The molecule has 3 heteroatoms. The summed E-state index contributed by atoms with van der Waals surface area (Å²) in [6, 6.07) is 26.9. The van der Waals surface area contributed by atoms with Crippen molar-refractivity contribution in [3.8, 4) is 11.5 Å². The van der Waals surface area contributed by atoms with Gasteiger partial charge in [0.15, 0.2) is 0 Å². The van der Waals surface area contributed by atoms with Crippen LogP contribution in [0.1, 0.15) is 24.5 Å². The van der Waals surface area contributed by atoms with Crippen molar-refractivity contribution < 1.29 is 9.47 Å². The number of ether oxygens (including phenoxy) is 2. The van der Waals surface area contributed by atoms with Crippen LogP contribution in [0.2, 0.25) is 0 Å². The van der Waals surface area contributed by atoms with E-state index in [9.17, 15) is 0 Å². The highest BCUT2D eigenvalue weighted by molar-refractivity contribution is 5.48. The molecule has 28 heavy (non-hydrogen) atoms. The Morgan fingerprint density at radius 1 is 0.714 bits per heavy atom. The maximum atomic E-state index is 5.89. The van der Waals surface area contributed by atoms with Crippen LogP contribution in [0.3, 0.4) is 0 Å². The molecular formula is C25H29NO2. The van der Waals surface area contributed by atoms with E-state index >= 15 is 0 Å². The second kappa shape index (κ2) is 11.0. The Balaban J connectivity index is 1.35. The highest BCUT2D eigenvalue weighted by Crippen LogP contribution is 2.18. The van der Waals surface area contributed by atoms with Gasteiger partial charge in [-0.3, -0.25) is 0 Å². The number of anilines is 1. The van der Waals surface area contributed by atoms with Gasteiger partial charge in [0.1, 0.15) is 18.1 Å². The van der Waals surface area contributed by atoms with Crippen LogP contribution in [0.5, 0.6) is 11.5 Å². The van der Waals surface area contributed by atoms with Crippen molar-refractivity contribution in [3.63, 3.8) is 0 Å². The fourth-order valence-electron chi connectivity index (χ4n) is 2.99. The molecule has 0 radical (unpaired) electrons. The van der Waals surface area contributed by atoms with Crippen molar-refractivity contribution >= 4 is 5.69 Å². The molecule has 3 rings (SSSR count). The minimum absolute atomic E-state index is 0.619. The number of aryl methyl sites for hydroxylation is 2. The quantitative estimate of drug-likeness (QED) is 0.433. The highest BCUT2D eigenvalue weighted by Gasteiger charge is 1.99. The number of benzene rings is 3. The first kappa shape index (κ1) is 19.8. The van der Waals surface area contributed by atoms with Crippen molar-refractivity contribution in [2.24, 2.45) is 0 Å². The van der Waals surface area contributed by atoms with E-state index < -0.39 is 0 Å². The fraction of sp³-hybridized carbons (Fsp3) is 0.280. The first-order chi connectivity index (χ1) is 13.8. The molecule has 1 N–H and O–H groups in total. The van der Waals surface area contributed by atoms with Gasteiger partial charge >= 0.3 is 0 Å². The van der Waals surface area contributed by atoms with Crippen LogP contribution in [0.15, 0.2) is 78.9 Å². The second-order valence-corrected chi connectivity index (χ2v) is 6.74. The van der Waals surface area contributed by atoms with E-state index in [0.717, 1.165) is 49.6 Å². The zero-order chi connectivity index (χ0) is 19.4. The van der Waals surface area contributed by atoms with E-state index in [1.807, 2.05) is 42.5 Å². The summed E-state index contributed by atoms with van der Waals surface area (Å²) in [7, 11) is 0. The standard InChI is InChI=1S/C25H29NO2/c1-2-21-13-15-24(16-14-21)28-19-17-26-23-11-6-12-25(20-23)27-18-7-10-22-8-4-3-5-9-22/h3-6,8-9,11-16,20,26H,2,7,10,17-19H2,1H3. The van der Waals surface area contributed by atoms with Gasteiger partial charge in [-0.05, 0) is 54.7 Å². The first-order valence-electron chi connectivity index (χ1n) is 10.1. The second-order valence-electron chi connectivity index (χ2n) is 6.74. The topological polar surface area (TPSA) is 30.5 Å². The van der Waals surface area contributed by atoms with Gasteiger partial charge in [0.25, 0.3) is 0 Å². The minimum Gasteiger partial charge on any atom is -0.494 e. The monoisotopic (exact) mass is 375 g/mol. The SMILES string of the molecule is CCc1ccc(OCCNc2cccc(OCCCc3ccccc3)c2)cc1. The van der Waals surface area contributed by atoms with Crippen LogP contribution in [-0.2, 0) is 12.8 Å². The summed E-state index contributed by atoms with van der Waals surface area (Å²) < 4.78 is 11.7. The van der Waals surface area contributed by atoms with Crippen LogP contribution < -0.4 is 14.8 Å². The maximum Gasteiger partial charge on any atom is 0.121 e. The lowest BCUT2D eigenvalue weighted by Crippen LogP contribution is -2.11. The van der Waals surface area contributed by atoms with Crippen molar-refractivity contribution in [1.29, 1.82) is 0 Å². The smallest absolute Gasteiger partial charge is 0.121 e. The predicted octanol–water partition coefficient (Wildman–Crippen LogP) is 5.75. The summed E-state index contributed by atoms with van der Waals surface area (Å²) in [5, 5.41) is 3.39. The molecule has 0 atom stereocenters. The zero-order valence-corrected chi connectivity index (χ0v) is 16.6. The van der Waals surface area contributed by atoms with Crippen molar-refractivity contribution in [3.05, 3.63) is 90.0 Å². The molecule has 0 saturated carbocycles. The molecule has 0 spiro atoms. The number of hydrogen-bond acceptors (Lipinski definition) is 3. The van der Waals surface area contributed by atoms with Crippen molar-refractivity contribution in [2.45, 2.75) is 26.2 Å². The molecule has 146 valence electrons. The van der Waals surface area contributed by atoms with Gasteiger partial charge in [0.2, 0.25) is 0 Å². The molecule has 0 aliphatic heterocycles. The molecule has 0 aromatic heterocycles. The van der Waals surface area contributed by atoms with Gasteiger partial charge in [-0.1, -0.05) is 55.5 Å². The van der Waals surface area contributed by atoms with Crippen LogP contribution in [0.25, 0.3) is 0 Å². The van der Waals surface area contributed by atoms with E-state index in [-0.39, 0.29) is 0 Å². The first-order valence-corrected chi connectivity index (χ1v) is 10.1. The zero-order valence-electron chi connectivity index (χ0n) is 16.6. The number of nitrogens with one attached hydrogen (secondary N) is 1. The molecule has 0 heterocycles. The Bertz CT molecular complexity index is 815. The lowest BCUT2D eigenvalue weighted by Gasteiger charge is -2.11. The molecule has 3 aromatic rings. The number of rotatable bonds is 11. The molecule has 3 nitrogen and oxygen atoms in total. The van der Waals surface area contributed by atoms with Crippen LogP contribution in [-0.4, -0.2) is 19.8 Å². The van der Waals surface area contributed by atoms with E-state index in [1.54, 1.807) is 0 Å². The Morgan fingerprint density at radius 3 is 2.29 bits per heavy atom.